The number of nitrogens with one attached hydrogen (secondary N) is 2. The minimum absolute atomic E-state index is 0.00406. The monoisotopic (exact) mass is 353 g/mol. The molecule has 2 aliphatic rings. The Labute approximate surface area is 152 Å². The molecular formula is C20H23N3O3. The minimum Gasteiger partial charge on any atom is -0.467 e. The Balaban J connectivity index is 1.24. The van der Waals surface area contributed by atoms with E-state index in [4.69, 9.17) is 4.42 Å². The van der Waals surface area contributed by atoms with Crippen LogP contribution in [0.2, 0.25) is 0 Å². The maximum atomic E-state index is 12.4. The zero-order valence-electron chi connectivity index (χ0n) is 14.6. The molecule has 0 bridgehead atoms. The van der Waals surface area contributed by atoms with E-state index in [1.54, 1.807) is 6.26 Å². The highest BCUT2D eigenvalue weighted by Crippen LogP contribution is 2.58. The van der Waals surface area contributed by atoms with Crippen LogP contribution in [0.15, 0.2) is 53.1 Å². The molecule has 1 aromatic heterocycles. The molecule has 1 aromatic carbocycles. The molecule has 1 aliphatic heterocycles. The van der Waals surface area contributed by atoms with Gasteiger partial charge in [0.05, 0.1) is 12.8 Å². The van der Waals surface area contributed by atoms with Gasteiger partial charge in [-0.15, -0.1) is 0 Å². The van der Waals surface area contributed by atoms with Crippen LogP contribution < -0.4 is 10.6 Å². The van der Waals surface area contributed by atoms with Gasteiger partial charge in [0.15, 0.2) is 0 Å². The van der Waals surface area contributed by atoms with Crippen LogP contribution >= 0.6 is 0 Å². The second kappa shape index (κ2) is 6.86. The molecule has 2 atom stereocenters. The molecule has 26 heavy (non-hydrogen) atoms. The summed E-state index contributed by atoms with van der Waals surface area (Å²) in [6.07, 6.45) is 3.35. The van der Waals surface area contributed by atoms with Crippen LogP contribution in [0.1, 0.15) is 24.2 Å². The van der Waals surface area contributed by atoms with Gasteiger partial charge in [0.25, 0.3) is 0 Å². The molecule has 2 heterocycles. The fraction of sp³-hybridized carbons (Fsp3) is 0.400. The SMILES string of the molecule is O=C(NCc1ccco1)[C@H]1C[C@]12CCN(C(=O)NCc1ccccc1)C2. The summed E-state index contributed by atoms with van der Waals surface area (Å²) in [6, 6.07) is 13.5. The smallest absolute Gasteiger partial charge is 0.317 e. The van der Waals surface area contributed by atoms with Crippen molar-refractivity contribution in [1.29, 1.82) is 0 Å². The fourth-order valence-corrected chi connectivity index (χ4v) is 3.83. The predicted molar refractivity (Wildman–Crippen MR) is 96.0 cm³/mol. The zero-order valence-corrected chi connectivity index (χ0v) is 14.6. The average molecular weight is 353 g/mol. The zero-order chi connectivity index (χ0) is 18.0. The fourth-order valence-electron chi connectivity index (χ4n) is 3.83. The van der Waals surface area contributed by atoms with Crippen LogP contribution in [-0.2, 0) is 17.9 Å². The van der Waals surface area contributed by atoms with Gasteiger partial charge in [-0.3, -0.25) is 4.79 Å². The third kappa shape index (κ3) is 3.45. The quantitative estimate of drug-likeness (QED) is 0.867. The molecule has 1 saturated heterocycles. The Morgan fingerprint density at radius 1 is 1.12 bits per heavy atom. The second-order valence-electron chi connectivity index (χ2n) is 7.23. The molecule has 6 nitrogen and oxygen atoms in total. The van der Waals surface area contributed by atoms with Gasteiger partial charge < -0.3 is 20.0 Å². The average Bonchev–Trinajstić information content (AvgIpc) is 3.02. The predicted octanol–water partition coefficient (Wildman–Crippen LogP) is 2.52. The molecule has 1 aliphatic carbocycles. The molecular weight excluding hydrogens is 330 g/mol. The van der Waals surface area contributed by atoms with Gasteiger partial charge in [-0.1, -0.05) is 30.3 Å². The molecule has 0 unspecified atom stereocenters. The van der Waals surface area contributed by atoms with Crippen molar-refractivity contribution in [2.75, 3.05) is 13.1 Å². The molecule has 6 heteroatoms. The lowest BCUT2D eigenvalue weighted by atomic mass is 10.0. The van der Waals surface area contributed by atoms with Gasteiger partial charge in [-0.25, -0.2) is 4.79 Å². The first-order valence-corrected chi connectivity index (χ1v) is 9.03. The highest BCUT2D eigenvalue weighted by Gasteiger charge is 2.61. The van der Waals surface area contributed by atoms with Crippen LogP contribution in [0, 0.1) is 11.3 Å². The van der Waals surface area contributed by atoms with E-state index < -0.39 is 0 Å². The second-order valence-corrected chi connectivity index (χ2v) is 7.23. The maximum absolute atomic E-state index is 12.4. The van der Waals surface area contributed by atoms with E-state index in [1.807, 2.05) is 47.4 Å². The Bertz CT molecular complexity index is 775. The van der Waals surface area contributed by atoms with Gasteiger partial charge in [-0.05, 0) is 30.5 Å². The summed E-state index contributed by atoms with van der Waals surface area (Å²) >= 11 is 0. The van der Waals surface area contributed by atoms with Gasteiger partial charge in [0, 0.05) is 31.0 Å². The van der Waals surface area contributed by atoms with Crippen molar-refractivity contribution in [3.8, 4) is 0 Å². The summed E-state index contributed by atoms with van der Waals surface area (Å²) in [5, 5.41) is 5.91. The van der Waals surface area contributed by atoms with Gasteiger partial charge in [0.1, 0.15) is 5.76 Å². The van der Waals surface area contributed by atoms with Crippen LogP contribution in [0.5, 0.6) is 0 Å². The largest absolute Gasteiger partial charge is 0.467 e. The van der Waals surface area contributed by atoms with Crippen molar-refractivity contribution in [2.45, 2.75) is 25.9 Å². The van der Waals surface area contributed by atoms with E-state index in [9.17, 15) is 9.59 Å². The lowest BCUT2D eigenvalue weighted by Crippen LogP contribution is -2.38. The number of carbonyl (C=O) groups excluding carboxylic acids is 2. The number of carbonyl (C=O) groups is 2. The van der Waals surface area contributed by atoms with Crippen LogP contribution in [0.4, 0.5) is 4.79 Å². The van der Waals surface area contributed by atoms with E-state index in [0.717, 1.165) is 24.2 Å². The number of furan rings is 1. The van der Waals surface area contributed by atoms with Crippen molar-refractivity contribution in [3.63, 3.8) is 0 Å². The lowest BCUT2D eigenvalue weighted by Gasteiger charge is -2.17. The molecule has 4 rings (SSSR count). The van der Waals surface area contributed by atoms with Gasteiger partial charge in [-0.2, -0.15) is 0 Å². The number of likely N-dealkylation sites (tertiary alicyclic amines) is 1. The summed E-state index contributed by atoms with van der Waals surface area (Å²) in [5.74, 6) is 0.818. The summed E-state index contributed by atoms with van der Waals surface area (Å²) in [6.45, 7) is 2.31. The lowest BCUT2D eigenvalue weighted by molar-refractivity contribution is -0.123. The first-order chi connectivity index (χ1) is 12.7. The minimum atomic E-state index is -0.0487. The van der Waals surface area contributed by atoms with Gasteiger partial charge in [0.2, 0.25) is 5.91 Å². The van der Waals surface area contributed by atoms with E-state index in [-0.39, 0.29) is 23.3 Å². The Kier molecular flexibility index (Phi) is 4.41. The van der Waals surface area contributed by atoms with E-state index in [1.165, 1.54) is 0 Å². The van der Waals surface area contributed by atoms with Crippen LogP contribution in [0.3, 0.4) is 0 Å². The van der Waals surface area contributed by atoms with Gasteiger partial charge >= 0.3 is 6.03 Å². The van der Waals surface area contributed by atoms with E-state index >= 15 is 0 Å². The molecule has 136 valence electrons. The molecule has 0 radical (unpaired) electrons. The molecule has 2 fully saturated rings. The molecule has 2 aromatic rings. The number of amides is 3. The number of urea groups is 1. The van der Waals surface area contributed by atoms with Crippen molar-refractivity contribution in [2.24, 2.45) is 11.3 Å². The Morgan fingerprint density at radius 2 is 1.96 bits per heavy atom. The summed E-state index contributed by atoms with van der Waals surface area (Å²) < 4.78 is 5.24. The number of hydrogen-bond donors (Lipinski definition) is 2. The number of benzene rings is 1. The number of rotatable bonds is 5. The number of nitrogens with zero attached hydrogens (tertiary/aromatic N) is 1. The highest BCUT2D eigenvalue weighted by molar-refractivity contribution is 5.83. The van der Waals surface area contributed by atoms with Crippen LogP contribution in [-0.4, -0.2) is 29.9 Å². The number of hydrogen-bond acceptors (Lipinski definition) is 3. The van der Waals surface area contributed by atoms with E-state index in [2.05, 4.69) is 10.6 Å². The van der Waals surface area contributed by atoms with E-state index in [0.29, 0.717) is 26.2 Å². The third-order valence-corrected chi connectivity index (χ3v) is 5.48. The highest BCUT2D eigenvalue weighted by atomic mass is 16.3. The standard InChI is InChI=1S/C20H23N3O3/c24-18(21-13-16-7-4-10-26-16)17-11-20(17)8-9-23(14-20)19(25)22-12-15-5-2-1-3-6-15/h1-7,10,17H,8-9,11-14H2,(H,21,24)(H,22,25)/t17-,20+/m1/s1. The van der Waals surface area contributed by atoms with Crippen molar-refractivity contribution < 1.29 is 14.0 Å². The topological polar surface area (TPSA) is 74.6 Å². The van der Waals surface area contributed by atoms with Crippen LogP contribution in [0.25, 0.3) is 0 Å². The normalized spacial score (nSPS) is 23.8. The molecule has 2 N–H and O–H groups in total. The van der Waals surface area contributed by atoms with Crippen molar-refractivity contribution in [1.82, 2.24) is 15.5 Å². The Hall–Kier alpha value is -2.76. The molecule has 1 saturated carbocycles. The van der Waals surface area contributed by atoms with Crippen molar-refractivity contribution in [3.05, 3.63) is 60.1 Å². The molecule has 3 amide bonds. The maximum Gasteiger partial charge on any atom is 0.317 e. The van der Waals surface area contributed by atoms with Crippen molar-refractivity contribution >= 4 is 11.9 Å². The summed E-state index contributed by atoms with van der Waals surface area (Å²) in [5.41, 5.74) is 1.05. The first-order valence-electron chi connectivity index (χ1n) is 9.03. The summed E-state index contributed by atoms with van der Waals surface area (Å²) in [4.78, 5) is 26.6. The Morgan fingerprint density at radius 3 is 2.73 bits per heavy atom. The summed E-state index contributed by atoms with van der Waals surface area (Å²) in [7, 11) is 0. The third-order valence-electron chi connectivity index (χ3n) is 5.48. The molecule has 1 spiro atoms. The first kappa shape index (κ1) is 16.7.